The van der Waals surface area contributed by atoms with Gasteiger partial charge in [-0.25, -0.2) is 0 Å². The minimum absolute atomic E-state index is 0.0368. The Morgan fingerprint density at radius 2 is 1.88 bits per heavy atom. The second kappa shape index (κ2) is 5.65. The molecular weight excluding hydrogens is 276 g/mol. The molecule has 0 atom stereocenters. The van der Waals surface area contributed by atoms with E-state index in [1.807, 2.05) is 0 Å². The van der Waals surface area contributed by atoms with Crippen LogP contribution in [-0.4, -0.2) is 22.2 Å². The summed E-state index contributed by atoms with van der Waals surface area (Å²) in [5.41, 5.74) is 1.50. The fourth-order valence-corrected chi connectivity index (χ4v) is 1.79. The van der Waals surface area contributed by atoms with Gasteiger partial charge in [0, 0.05) is 10.9 Å². The predicted molar refractivity (Wildman–Crippen MR) is 61.4 cm³/mol. The monoisotopic (exact) mass is 286 g/mol. The van der Waals surface area contributed by atoms with Crippen LogP contribution >= 0.6 is 15.9 Å². The number of rotatable bonds is 5. The Bertz CT molecular complexity index is 414. The van der Waals surface area contributed by atoms with Gasteiger partial charge in [-0.1, -0.05) is 28.1 Å². The van der Waals surface area contributed by atoms with E-state index in [1.165, 1.54) is 0 Å². The molecule has 0 aromatic heterocycles. The molecule has 1 aromatic rings. The predicted octanol–water partition coefficient (Wildman–Crippen LogP) is 2.09. The zero-order chi connectivity index (χ0) is 12.1. The lowest BCUT2D eigenvalue weighted by Crippen LogP contribution is -2.02. The van der Waals surface area contributed by atoms with Gasteiger partial charge in [-0.05, 0) is 23.6 Å². The zero-order valence-electron chi connectivity index (χ0n) is 8.44. The van der Waals surface area contributed by atoms with Crippen molar-refractivity contribution >= 4 is 27.9 Å². The van der Waals surface area contributed by atoms with Crippen LogP contribution in [0.25, 0.3) is 0 Å². The number of aryl methyl sites for hydroxylation is 1. The summed E-state index contributed by atoms with van der Waals surface area (Å²) in [7, 11) is 0. The standard InChI is InChI=1S/C11H11BrO4/c12-9-3-1-7(6-11(15)16)5-8(9)2-4-10(13)14/h1,3,5H,2,4,6H2,(H,13,14)(H,15,16). The molecule has 5 heteroatoms. The maximum absolute atomic E-state index is 10.5. The molecule has 0 fully saturated rings. The SMILES string of the molecule is O=C(O)CCc1cc(CC(=O)O)ccc1Br. The Balaban J connectivity index is 2.81. The molecule has 4 nitrogen and oxygen atoms in total. The summed E-state index contributed by atoms with van der Waals surface area (Å²) in [6.07, 6.45) is 0.381. The van der Waals surface area contributed by atoms with Gasteiger partial charge in [0.2, 0.25) is 0 Å². The summed E-state index contributed by atoms with van der Waals surface area (Å²) in [6, 6.07) is 5.18. The van der Waals surface area contributed by atoms with Crippen molar-refractivity contribution in [2.45, 2.75) is 19.3 Å². The number of halogens is 1. The van der Waals surface area contributed by atoms with Gasteiger partial charge in [0.1, 0.15) is 0 Å². The molecule has 2 N–H and O–H groups in total. The molecule has 0 aliphatic heterocycles. The van der Waals surface area contributed by atoms with Crippen molar-refractivity contribution in [3.8, 4) is 0 Å². The molecule has 0 heterocycles. The lowest BCUT2D eigenvalue weighted by atomic mass is 10.0. The molecule has 0 saturated carbocycles. The summed E-state index contributed by atoms with van der Waals surface area (Å²) >= 11 is 3.31. The van der Waals surface area contributed by atoms with Gasteiger partial charge in [0.25, 0.3) is 0 Å². The summed E-state index contributed by atoms with van der Waals surface area (Å²) in [5.74, 6) is -1.76. The van der Waals surface area contributed by atoms with E-state index in [4.69, 9.17) is 10.2 Å². The van der Waals surface area contributed by atoms with Crippen LogP contribution in [0.2, 0.25) is 0 Å². The first kappa shape index (κ1) is 12.7. The Labute approximate surface area is 101 Å². The number of aliphatic carboxylic acids is 2. The number of hydrogen-bond acceptors (Lipinski definition) is 2. The highest BCUT2D eigenvalue weighted by Gasteiger charge is 2.06. The lowest BCUT2D eigenvalue weighted by molar-refractivity contribution is -0.137. The molecule has 0 bridgehead atoms. The van der Waals surface area contributed by atoms with E-state index < -0.39 is 11.9 Å². The largest absolute Gasteiger partial charge is 0.481 e. The van der Waals surface area contributed by atoms with E-state index in [0.717, 1.165) is 10.0 Å². The molecule has 0 saturated heterocycles. The van der Waals surface area contributed by atoms with E-state index >= 15 is 0 Å². The number of carbonyl (C=O) groups is 2. The van der Waals surface area contributed by atoms with Crippen molar-refractivity contribution in [1.82, 2.24) is 0 Å². The summed E-state index contributed by atoms with van der Waals surface area (Å²) in [5, 5.41) is 17.2. The molecule has 0 aliphatic rings. The van der Waals surface area contributed by atoms with Gasteiger partial charge in [0.05, 0.1) is 6.42 Å². The third-order valence-corrected chi connectivity index (χ3v) is 2.85. The summed E-state index contributed by atoms with van der Waals surface area (Å²) in [4.78, 5) is 21.0. The highest BCUT2D eigenvalue weighted by Crippen LogP contribution is 2.20. The minimum atomic E-state index is -0.897. The Hall–Kier alpha value is -1.36. The number of benzene rings is 1. The van der Waals surface area contributed by atoms with Crippen LogP contribution in [0.4, 0.5) is 0 Å². The lowest BCUT2D eigenvalue weighted by Gasteiger charge is -2.05. The molecule has 1 aromatic carbocycles. The first-order valence-corrected chi connectivity index (χ1v) is 5.49. The molecule has 0 amide bonds. The second-order valence-corrected chi connectivity index (χ2v) is 4.24. The molecule has 86 valence electrons. The van der Waals surface area contributed by atoms with Gasteiger partial charge >= 0.3 is 11.9 Å². The van der Waals surface area contributed by atoms with Gasteiger partial charge in [-0.3, -0.25) is 9.59 Å². The first-order chi connectivity index (χ1) is 7.49. The number of carboxylic acid groups (broad SMARTS) is 2. The highest BCUT2D eigenvalue weighted by molar-refractivity contribution is 9.10. The van der Waals surface area contributed by atoms with Crippen LogP contribution in [-0.2, 0) is 22.4 Å². The highest BCUT2D eigenvalue weighted by atomic mass is 79.9. The number of hydrogen-bond donors (Lipinski definition) is 2. The van der Waals surface area contributed by atoms with Crippen molar-refractivity contribution < 1.29 is 19.8 Å². The number of carboxylic acids is 2. The zero-order valence-corrected chi connectivity index (χ0v) is 10.0. The third kappa shape index (κ3) is 4.02. The minimum Gasteiger partial charge on any atom is -0.481 e. The average Bonchev–Trinajstić information content (AvgIpc) is 2.18. The third-order valence-electron chi connectivity index (χ3n) is 2.07. The fourth-order valence-electron chi connectivity index (χ4n) is 1.35. The Kier molecular flexibility index (Phi) is 4.49. The molecule has 0 spiro atoms. The van der Waals surface area contributed by atoms with E-state index in [0.29, 0.717) is 12.0 Å². The molecule has 0 unspecified atom stereocenters. The smallest absolute Gasteiger partial charge is 0.307 e. The van der Waals surface area contributed by atoms with Crippen molar-refractivity contribution in [2.75, 3.05) is 0 Å². The van der Waals surface area contributed by atoms with E-state index in [-0.39, 0.29) is 12.8 Å². The maximum atomic E-state index is 10.5. The van der Waals surface area contributed by atoms with Crippen LogP contribution in [0.15, 0.2) is 22.7 Å². The summed E-state index contributed by atoms with van der Waals surface area (Å²) in [6.45, 7) is 0. The van der Waals surface area contributed by atoms with Gasteiger partial charge in [-0.2, -0.15) is 0 Å². The van der Waals surface area contributed by atoms with Crippen molar-refractivity contribution in [2.24, 2.45) is 0 Å². The van der Waals surface area contributed by atoms with Crippen molar-refractivity contribution in [3.63, 3.8) is 0 Å². The van der Waals surface area contributed by atoms with Crippen LogP contribution in [0.5, 0.6) is 0 Å². The Morgan fingerprint density at radius 3 is 2.44 bits per heavy atom. The van der Waals surface area contributed by atoms with Gasteiger partial charge in [0.15, 0.2) is 0 Å². The first-order valence-electron chi connectivity index (χ1n) is 4.70. The van der Waals surface area contributed by atoms with Crippen molar-refractivity contribution in [3.05, 3.63) is 33.8 Å². The van der Waals surface area contributed by atoms with Crippen molar-refractivity contribution in [1.29, 1.82) is 0 Å². The van der Waals surface area contributed by atoms with E-state index in [1.54, 1.807) is 18.2 Å². The van der Waals surface area contributed by atoms with Crippen LogP contribution in [0, 0.1) is 0 Å². The average molecular weight is 287 g/mol. The normalized spacial score (nSPS) is 10.1. The maximum Gasteiger partial charge on any atom is 0.307 e. The quantitative estimate of drug-likeness (QED) is 0.869. The molecule has 1 rings (SSSR count). The summed E-state index contributed by atoms with van der Waals surface area (Å²) < 4.78 is 0.808. The van der Waals surface area contributed by atoms with Gasteiger partial charge < -0.3 is 10.2 Å². The van der Waals surface area contributed by atoms with Crippen LogP contribution in [0.1, 0.15) is 17.5 Å². The molecule has 16 heavy (non-hydrogen) atoms. The van der Waals surface area contributed by atoms with Crippen LogP contribution in [0.3, 0.4) is 0 Å². The fraction of sp³-hybridized carbons (Fsp3) is 0.273. The van der Waals surface area contributed by atoms with Crippen LogP contribution < -0.4 is 0 Å². The molecule has 0 aliphatic carbocycles. The molecular formula is C11H11BrO4. The molecule has 0 radical (unpaired) electrons. The van der Waals surface area contributed by atoms with E-state index in [2.05, 4.69) is 15.9 Å². The van der Waals surface area contributed by atoms with E-state index in [9.17, 15) is 9.59 Å². The second-order valence-electron chi connectivity index (χ2n) is 3.39. The Morgan fingerprint density at radius 1 is 1.19 bits per heavy atom. The van der Waals surface area contributed by atoms with Gasteiger partial charge in [-0.15, -0.1) is 0 Å². The topological polar surface area (TPSA) is 74.6 Å².